The molecule has 0 aromatic heterocycles. The summed E-state index contributed by atoms with van der Waals surface area (Å²) in [5.74, 6) is -1.28. The highest BCUT2D eigenvalue weighted by atomic mass is 16.4. The lowest BCUT2D eigenvalue weighted by atomic mass is 9.99. The van der Waals surface area contributed by atoms with Gasteiger partial charge in [-0.1, -0.05) is 18.2 Å². The Morgan fingerprint density at radius 1 is 1.24 bits per heavy atom. The van der Waals surface area contributed by atoms with Crippen LogP contribution in [-0.4, -0.2) is 28.1 Å². The number of ketones is 1. The van der Waals surface area contributed by atoms with E-state index < -0.39 is 12.1 Å². The number of aliphatic hydroxyl groups is 1. The number of benzene rings is 1. The lowest BCUT2D eigenvalue weighted by molar-refractivity contribution is 0.0691. The minimum Gasteiger partial charge on any atom is -0.478 e. The summed E-state index contributed by atoms with van der Waals surface area (Å²) in [6.07, 6.45) is 0.929. The summed E-state index contributed by atoms with van der Waals surface area (Å²) in [5, 5.41) is 18.0. The Kier molecular flexibility index (Phi) is 4.84. The Morgan fingerprint density at radius 3 is 2.35 bits per heavy atom. The van der Waals surface area contributed by atoms with Crippen LogP contribution >= 0.6 is 0 Å². The highest BCUT2D eigenvalue weighted by Gasteiger charge is 2.15. The Morgan fingerprint density at radius 2 is 1.82 bits per heavy atom. The number of aromatic carboxylic acids is 1. The van der Waals surface area contributed by atoms with Gasteiger partial charge < -0.3 is 10.2 Å². The van der Waals surface area contributed by atoms with Gasteiger partial charge in [0.25, 0.3) is 0 Å². The highest BCUT2D eigenvalue weighted by molar-refractivity contribution is 6.05. The average Bonchev–Trinajstić information content (AvgIpc) is 2.28. The zero-order valence-corrected chi connectivity index (χ0v) is 9.72. The van der Waals surface area contributed by atoms with Gasteiger partial charge in [0.2, 0.25) is 0 Å². The summed E-state index contributed by atoms with van der Waals surface area (Å²) in [4.78, 5) is 22.7. The van der Waals surface area contributed by atoms with Crippen molar-refractivity contribution in [2.75, 3.05) is 0 Å². The Hall–Kier alpha value is -1.68. The molecule has 0 bridgehead atoms. The quantitative estimate of drug-likeness (QED) is 0.742. The second kappa shape index (κ2) is 6.15. The van der Waals surface area contributed by atoms with Crippen LogP contribution in [0.15, 0.2) is 24.3 Å². The van der Waals surface area contributed by atoms with Crippen molar-refractivity contribution in [3.63, 3.8) is 0 Å². The van der Waals surface area contributed by atoms with Crippen LogP contribution in [0.2, 0.25) is 0 Å². The molecule has 1 aromatic rings. The third kappa shape index (κ3) is 4.00. The SMILES string of the molecule is CC(O)CCCC(=O)c1ccccc1C(=O)O. The molecular weight excluding hydrogens is 220 g/mol. The summed E-state index contributed by atoms with van der Waals surface area (Å²) >= 11 is 0. The molecule has 4 heteroatoms. The number of aliphatic hydroxyl groups excluding tert-OH is 1. The van der Waals surface area contributed by atoms with Crippen LogP contribution in [0.3, 0.4) is 0 Å². The van der Waals surface area contributed by atoms with Crippen LogP contribution in [-0.2, 0) is 0 Å². The monoisotopic (exact) mass is 236 g/mol. The molecule has 1 rings (SSSR count). The summed E-state index contributed by atoms with van der Waals surface area (Å²) in [6, 6.07) is 6.18. The minimum atomic E-state index is -1.09. The fourth-order valence-corrected chi connectivity index (χ4v) is 1.61. The molecule has 92 valence electrons. The number of rotatable bonds is 6. The van der Waals surface area contributed by atoms with Crippen molar-refractivity contribution < 1.29 is 19.8 Å². The molecule has 0 spiro atoms. The predicted octanol–water partition coefficient (Wildman–Crippen LogP) is 2.12. The van der Waals surface area contributed by atoms with Crippen molar-refractivity contribution >= 4 is 11.8 Å². The van der Waals surface area contributed by atoms with E-state index in [1.807, 2.05) is 0 Å². The molecule has 0 fully saturated rings. The third-order valence-corrected chi connectivity index (χ3v) is 2.48. The number of carboxylic acids is 1. The van der Waals surface area contributed by atoms with Crippen LogP contribution in [0.4, 0.5) is 0 Å². The van der Waals surface area contributed by atoms with Gasteiger partial charge in [-0.3, -0.25) is 4.79 Å². The van der Waals surface area contributed by atoms with E-state index in [4.69, 9.17) is 10.2 Å². The first-order chi connectivity index (χ1) is 8.02. The third-order valence-electron chi connectivity index (χ3n) is 2.48. The van der Waals surface area contributed by atoms with Crippen molar-refractivity contribution in [2.45, 2.75) is 32.3 Å². The molecule has 0 heterocycles. The van der Waals surface area contributed by atoms with Gasteiger partial charge in [-0.2, -0.15) is 0 Å². The fraction of sp³-hybridized carbons (Fsp3) is 0.385. The summed E-state index contributed by atoms with van der Waals surface area (Å²) in [6.45, 7) is 1.66. The average molecular weight is 236 g/mol. The molecule has 1 aromatic carbocycles. The van der Waals surface area contributed by atoms with E-state index in [0.717, 1.165) is 0 Å². The van der Waals surface area contributed by atoms with Gasteiger partial charge in [0.05, 0.1) is 11.7 Å². The largest absolute Gasteiger partial charge is 0.478 e. The normalized spacial score (nSPS) is 12.1. The molecule has 0 saturated carbocycles. The van der Waals surface area contributed by atoms with Crippen LogP contribution in [0.25, 0.3) is 0 Å². The molecule has 4 nitrogen and oxygen atoms in total. The molecule has 1 unspecified atom stereocenters. The summed E-state index contributed by atoms with van der Waals surface area (Å²) < 4.78 is 0. The van der Waals surface area contributed by atoms with Gasteiger partial charge in [-0.15, -0.1) is 0 Å². The molecule has 0 radical (unpaired) electrons. The Balaban J connectivity index is 2.72. The number of carbonyl (C=O) groups excluding carboxylic acids is 1. The molecule has 2 N–H and O–H groups in total. The number of carbonyl (C=O) groups is 2. The molecule has 17 heavy (non-hydrogen) atoms. The number of Topliss-reactive ketones (excluding diaryl/α,β-unsaturated/α-hetero) is 1. The van der Waals surface area contributed by atoms with E-state index in [0.29, 0.717) is 12.8 Å². The Bertz CT molecular complexity index is 410. The van der Waals surface area contributed by atoms with E-state index in [9.17, 15) is 9.59 Å². The van der Waals surface area contributed by atoms with Crippen LogP contribution in [0.5, 0.6) is 0 Å². The van der Waals surface area contributed by atoms with Gasteiger partial charge in [-0.05, 0) is 25.8 Å². The van der Waals surface area contributed by atoms with E-state index in [2.05, 4.69) is 0 Å². The smallest absolute Gasteiger partial charge is 0.336 e. The molecule has 0 aliphatic heterocycles. The molecule has 0 aliphatic rings. The summed E-state index contributed by atoms with van der Waals surface area (Å²) in [7, 11) is 0. The topological polar surface area (TPSA) is 74.6 Å². The van der Waals surface area contributed by atoms with Gasteiger partial charge in [0.15, 0.2) is 5.78 Å². The lowest BCUT2D eigenvalue weighted by Crippen LogP contribution is -2.09. The van der Waals surface area contributed by atoms with E-state index in [1.54, 1.807) is 19.1 Å². The first-order valence-electron chi connectivity index (χ1n) is 5.56. The second-order valence-corrected chi connectivity index (χ2v) is 4.02. The first-order valence-corrected chi connectivity index (χ1v) is 5.56. The lowest BCUT2D eigenvalue weighted by Gasteiger charge is -2.06. The zero-order chi connectivity index (χ0) is 12.8. The molecular formula is C13H16O4. The predicted molar refractivity (Wildman–Crippen MR) is 63.3 cm³/mol. The van der Waals surface area contributed by atoms with E-state index >= 15 is 0 Å². The van der Waals surface area contributed by atoms with Crippen molar-refractivity contribution in [3.8, 4) is 0 Å². The second-order valence-electron chi connectivity index (χ2n) is 4.02. The van der Waals surface area contributed by atoms with Gasteiger partial charge in [-0.25, -0.2) is 4.79 Å². The number of carboxylic acid groups (broad SMARTS) is 1. The van der Waals surface area contributed by atoms with Crippen molar-refractivity contribution in [2.24, 2.45) is 0 Å². The molecule has 0 saturated heterocycles. The molecule has 0 amide bonds. The van der Waals surface area contributed by atoms with Crippen molar-refractivity contribution in [1.82, 2.24) is 0 Å². The summed E-state index contributed by atoms with van der Waals surface area (Å²) in [5.41, 5.74) is 0.278. The first kappa shape index (κ1) is 13.4. The standard InChI is InChI=1S/C13H16O4/c1-9(14)5-4-8-12(15)10-6-2-3-7-11(10)13(16)17/h2-3,6-7,9,14H,4-5,8H2,1H3,(H,16,17). The maximum absolute atomic E-state index is 11.8. The van der Waals surface area contributed by atoms with Crippen LogP contribution in [0.1, 0.15) is 46.9 Å². The maximum Gasteiger partial charge on any atom is 0.336 e. The number of hydrogen-bond donors (Lipinski definition) is 2. The van der Waals surface area contributed by atoms with Crippen LogP contribution in [0, 0.1) is 0 Å². The van der Waals surface area contributed by atoms with Crippen molar-refractivity contribution in [1.29, 1.82) is 0 Å². The Labute approximate surface area is 99.9 Å². The van der Waals surface area contributed by atoms with Gasteiger partial charge >= 0.3 is 5.97 Å². The minimum absolute atomic E-state index is 0.0366. The van der Waals surface area contributed by atoms with Gasteiger partial charge in [0, 0.05) is 12.0 Å². The molecule has 0 aliphatic carbocycles. The van der Waals surface area contributed by atoms with Gasteiger partial charge in [0.1, 0.15) is 0 Å². The van der Waals surface area contributed by atoms with Crippen LogP contribution < -0.4 is 0 Å². The fourth-order valence-electron chi connectivity index (χ4n) is 1.61. The highest BCUT2D eigenvalue weighted by Crippen LogP contribution is 2.13. The van der Waals surface area contributed by atoms with Crippen molar-refractivity contribution in [3.05, 3.63) is 35.4 Å². The van der Waals surface area contributed by atoms with E-state index in [1.165, 1.54) is 12.1 Å². The molecule has 1 atom stereocenters. The number of hydrogen-bond acceptors (Lipinski definition) is 3. The zero-order valence-electron chi connectivity index (χ0n) is 9.72. The maximum atomic E-state index is 11.8. The van der Waals surface area contributed by atoms with E-state index in [-0.39, 0.29) is 23.3 Å².